The van der Waals surface area contributed by atoms with Crippen molar-refractivity contribution >= 4 is 5.97 Å². The number of hydrogen-bond acceptors (Lipinski definition) is 18. The number of aromatic nitrogens is 4. The van der Waals surface area contributed by atoms with Crippen LogP contribution in [0, 0.1) is 23.7 Å². The molecule has 3 saturated heterocycles. The summed E-state index contributed by atoms with van der Waals surface area (Å²) in [5.74, 6) is -2.76. The van der Waals surface area contributed by atoms with Crippen LogP contribution in [0.4, 0.5) is 4.39 Å². The minimum atomic E-state index is -1.83. The maximum absolute atomic E-state index is 15.0. The molecule has 0 radical (unpaired) electrons. The van der Waals surface area contributed by atoms with Crippen molar-refractivity contribution in [3.05, 3.63) is 60.0 Å². The van der Waals surface area contributed by atoms with E-state index in [2.05, 4.69) is 15.3 Å². The fourth-order valence-corrected chi connectivity index (χ4v) is 12.6. The third kappa shape index (κ3) is 14.1. The van der Waals surface area contributed by atoms with E-state index in [4.69, 9.17) is 33.2 Å². The number of esters is 1. The minimum Gasteiger partial charge on any atom is -0.481 e. The Bertz CT molecular complexity index is 2310. The Morgan fingerprint density at radius 2 is 1.61 bits per heavy atom. The monoisotopic (exact) mass is 1090 g/mol. The first-order chi connectivity index (χ1) is 36.2. The quantitative estimate of drug-likeness (QED) is 0.114. The highest BCUT2D eigenvalue weighted by molar-refractivity contribution is 5.73. The normalized spacial score (nSPS) is 38.1. The number of methoxy groups -OCH3 is 3. The Kier molecular flexibility index (Phi) is 21.3. The molecule has 0 amide bonds. The van der Waals surface area contributed by atoms with E-state index in [-0.39, 0.29) is 25.2 Å². The molecule has 0 saturated carbocycles. The average molecular weight is 1090 g/mol. The van der Waals surface area contributed by atoms with Crippen molar-refractivity contribution < 1.29 is 67.9 Å². The summed E-state index contributed by atoms with van der Waals surface area (Å²) in [6, 6.07) is 9.52. The molecule has 19 nitrogen and oxygen atoms in total. The summed E-state index contributed by atoms with van der Waals surface area (Å²) in [7, 11) is 8.36. The van der Waals surface area contributed by atoms with Crippen LogP contribution in [0.1, 0.15) is 118 Å². The predicted molar refractivity (Wildman–Crippen MR) is 286 cm³/mol. The van der Waals surface area contributed by atoms with Crippen LogP contribution in [-0.2, 0) is 39.6 Å². The SMILES string of the molecule is CC[C@H]1OC(=O)[C@H](C)[C@@H](C2C[C@@](C)(OC)[C@@H](O)[C@H](C)O2)[C@H](C)[C@@H](O[C@@H]2O[C@H](C)C[C@H](N(C)CCc3cn([C@H](CF)[C@H](OC)c4ccc(-c5ccc(OC)nc5)cc4)nn3)[C@H]2O)[C@](C)(O)C[C@@H](C)CN(C)[C@H](C)[C@@H](O)[C@]1(C)O. The smallest absolute Gasteiger partial charge is 0.309 e. The molecule has 1 unspecified atom stereocenters. The van der Waals surface area contributed by atoms with Crippen LogP contribution in [-0.4, -0.2) is 200 Å². The van der Waals surface area contributed by atoms with Gasteiger partial charge in [-0.2, -0.15) is 0 Å². The van der Waals surface area contributed by atoms with Gasteiger partial charge in [0, 0.05) is 82.2 Å². The van der Waals surface area contributed by atoms with Gasteiger partial charge in [0.05, 0.1) is 54.3 Å². The van der Waals surface area contributed by atoms with Gasteiger partial charge in [0.1, 0.15) is 48.8 Å². The number of cyclic esters (lactones) is 1. The predicted octanol–water partition coefficient (Wildman–Crippen LogP) is 5.35. The van der Waals surface area contributed by atoms with Gasteiger partial charge in [-0.15, -0.1) is 5.10 Å². The lowest BCUT2D eigenvalue weighted by atomic mass is 9.68. The molecule has 77 heavy (non-hydrogen) atoms. The Morgan fingerprint density at radius 3 is 2.21 bits per heavy atom. The van der Waals surface area contributed by atoms with E-state index in [1.807, 2.05) is 75.0 Å². The number of carbonyl (C=O) groups is 1. The Labute approximate surface area is 455 Å². The Hall–Kier alpha value is -3.77. The molecule has 2 aromatic heterocycles. The summed E-state index contributed by atoms with van der Waals surface area (Å²) in [5.41, 5.74) is -1.32. The van der Waals surface area contributed by atoms with Gasteiger partial charge in [-0.3, -0.25) is 4.79 Å². The summed E-state index contributed by atoms with van der Waals surface area (Å²) < 4.78 is 59.8. The highest BCUT2D eigenvalue weighted by Crippen LogP contribution is 2.45. The molecule has 5 N–H and O–H groups in total. The lowest BCUT2D eigenvalue weighted by Crippen LogP contribution is -2.62. The molecular weight excluding hydrogens is 996 g/mol. The summed E-state index contributed by atoms with van der Waals surface area (Å²) >= 11 is 0. The number of ether oxygens (including phenoxy) is 7. The van der Waals surface area contributed by atoms with E-state index in [1.165, 1.54) is 25.8 Å². The van der Waals surface area contributed by atoms with Crippen molar-refractivity contribution in [3.63, 3.8) is 0 Å². The molecule has 5 heterocycles. The fraction of sp³-hybridized carbons (Fsp3) is 0.754. The van der Waals surface area contributed by atoms with Gasteiger partial charge in [0.25, 0.3) is 0 Å². The van der Waals surface area contributed by atoms with Crippen LogP contribution in [0.25, 0.3) is 11.1 Å². The van der Waals surface area contributed by atoms with Gasteiger partial charge in [-0.05, 0) is 104 Å². The van der Waals surface area contributed by atoms with Crippen molar-refractivity contribution in [2.24, 2.45) is 23.7 Å². The zero-order chi connectivity index (χ0) is 56.9. The van der Waals surface area contributed by atoms with Crippen molar-refractivity contribution in [2.45, 2.75) is 197 Å². The Balaban J connectivity index is 1.25. The second-order valence-electron chi connectivity index (χ2n) is 23.3. The number of hydrogen-bond donors (Lipinski definition) is 5. The number of aliphatic hydroxyl groups excluding tert-OH is 3. The zero-order valence-electron chi connectivity index (χ0n) is 48.2. The van der Waals surface area contributed by atoms with E-state index in [1.54, 1.807) is 67.1 Å². The van der Waals surface area contributed by atoms with Crippen molar-refractivity contribution in [2.75, 3.05) is 55.2 Å². The average Bonchev–Trinajstić information content (AvgIpc) is 3.87. The lowest BCUT2D eigenvalue weighted by Gasteiger charge is -2.51. The molecule has 3 aliphatic heterocycles. The number of aliphatic hydroxyl groups is 5. The molecule has 434 valence electrons. The number of benzene rings is 1. The van der Waals surface area contributed by atoms with Crippen LogP contribution >= 0.6 is 0 Å². The molecule has 3 aliphatic rings. The molecule has 0 bridgehead atoms. The van der Waals surface area contributed by atoms with E-state index in [9.17, 15) is 34.7 Å². The van der Waals surface area contributed by atoms with Crippen molar-refractivity contribution in [1.82, 2.24) is 29.8 Å². The third-order valence-corrected chi connectivity index (χ3v) is 17.4. The zero-order valence-corrected chi connectivity index (χ0v) is 48.2. The van der Waals surface area contributed by atoms with Gasteiger partial charge in [-0.25, -0.2) is 14.1 Å². The van der Waals surface area contributed by atoms with Crippen LogP contribution in [0.15, 0.2) is 48.8 Å². The highest BCUT2D eigenvalue weighted by atomic mass is 19.1. The molecule has 3 fully saturated rings. The van der Waals surface area contributed by atoms with Crippen LogP contribution in [0.5, 0.6) is 5.88 Å². The van der Waals surface area contributed by atoms with Crippen molar-refractivity contribution in [1.29, 1.82) is 0 Å². The van der Waals surface area contributed by atoms with Gasteiger partial charge in [0.2, 0.25) is 5.88 Å². The number of nitrogens with zero attached hydrogens (tertiary/aromatic N) is 6. The largest absolute Gasteiger partial charge is 0.481 e. The van der Waals surface area contributed by atoms with E-state index in [0.29, 0.717) is 37.5 Å². The molecular formula is C57H91FN6O13. The minimum absolute atomic E-state index is 0.169. The third-order valence-electron chi connectivity index (χ3n) is 17.4. The first-order valence-electron chi connectivity index (χ1n) is 27.5. The van der Waals surface area contributed by atoms with Crippen molar-refractivity contribution in [3.8, 4) is 17.0 Å². The summed E-state index contributed by atoms with van der Waals surface area (Å²) in [5, 5.41) is 69.1. The highest BCUT2D eigenvalue weighted by Gasteiger charge is 2.55. The van der Waals surface area contributed by atoms with Crippen LogP contribution in [0.3, 0.4) is 0 Å². The molecule has 0 spiro atoms. The second kappa shape index (κ2) is 26.2. The standard InChI is InChI=1S/C57H91FN6O13/c1-16-45-57(10,70)50(66)36(6)63(12)30-32(2)26-55(8,69)52(34(4)47(35(5)53(68)76-45)44-27-56(9,73-15)51(67)37(7)75-44)77-54-48(65)42(25-33(3)74-54)62(11)24-23-41-31-64(61-60-41)43(28-58)49(72-14)39-19-17-38(18-20-39)40-21-22-46(71-13)59-29-40/h17-22,29,31-37,42-45,47-52,54,65-67,69-70H,16,23-28,30H2,1-15H3/t32-,33-,34+,35-,36-,37+,42+,43-,44?,45-,47+,48-,49-,50-,51+,52-,54+,55-,56-,57-/m1/s1. The molecule has 20 heteroatoms. The first-order valence-corrected chi connectivity index (χ1v) is 27.5. The number of carbonyl (C=O) groups excluding carboxylic acids is 1. The molecule has 20 atom stereocenters. The second-order valence-corrected chi connectivity index (χ2v) is 23.3. The fourth-order valence-electron chi connectivity index (χ4n) is 12.6. The summed E-state index contributed by atoms with van der Waals surface area (Å²) in [4.78, 5) is 22.9. The van der Waals surface area contributed by atoms with Crippen LogP contribution in [0.2, 0.25) is 0 Å². The molecule has 1 aromatic carbocycles. The van der Waals surface area contributed by atoms with E-state index in [0.717, 1.165) is 16.7 Å². The number of halogens is 1. The summed E-state index contributed by atoms with van der Waals surface area (Å²) in [6.07, 6.45) is -4.58. The topological polar surface area (TPSA) is 233 Å². The van der Waals surface area contributed by atoms with Gasteiger partial charge >= 0.3 is 5.97 Å². The van der Waals surface area contributed by atoms with E-state index < -0.39 is 127 Å². The molecule has 6 rings (SSSR count). The first kappa shape index (κ1) is 62.4. The summed E-state index contributed by atoms with van der Waals surface area (Å²) in [6.45, 7) is 17.9. The van der Waals surface area contributed by atoms with E-state index >= 15 is 0 Å². The number of pyridine rings is 1. The number of likely N-dealkylation sites (N-methyl/N-ethyl adjacent to an activating group) is 2. The number of alkyl halides is 1. The number of rotatable bonds is 16. The maximum atomic E-state index is 15.0. The lowest BCUT2D eigenvalue weighted by molar-refractivity contribution is -0.302. The Morgan fingerprint density at radius 1 is 0.935 bits per heavy atom. The van der Waals surface area contributed by atoms with Gasteiger partial charge in [-0.1, -0.05) is 57.2 Å². The molecule has 0 aliphatic carbocycles. The van der Waals surface area contributed by atoms with Gasteiger partial charge < -0.3 is 68.5 Å². The maximum Gasteiger partial charge on any atom is 0.309 e. The van der Waals surface area contributed by atoms with Gasteiger partial charge in [0.15, 0.2) is 6.29 Å². The van der Waals surface area contributed by atoms with Crippen LogP contribution < -0.4 is 4.74 Å². The molecule has 3 aromatic rings.